The smallest absolute Gasteiger partial charge is 0.255 e. The molecule has 0 bridgehead atoms. The van der Waals surface area contributed by atoms with E-state index in [0.717, 1.165) is 17.2 Å². The van der Waals surface area contributed by atoms with Crippen LogP contribution in [0.3, 0.4) is 0 Å². The molecule has 2 saturated carbocycles. The van der Waals surface area contributed by atoms with E-state index in [2.05, 4.69) is 29.7 Å². The Morgan fingerprint density at radius 3 is 2.42 bits per heavy atom. The van der Waals surface area contributed by atoms with Gasteiger partial charge in [-0.15, -0.1) is 12.4 Å². The molecule has 0 radical (unpaired) electrons. The van der Waals surface area contributed by atoms with Gasteiger partial charge in [-0.3, -0.25) is 4.79 Å². The lowest BCUT2D eigenvalue weighted by Crippen LogP contribution is -2.20. The highest BCUT2D eigenvalue weighted by atomic mass is 35.5. The minimum Gasteiger partial charge on any atom is -0.322 e. The van der Waals surface area contributed by atoms with Crippen LogP contribution in [-0.2, 0) is 0 Å². The monoisotopic (exact) mass is 370 g/mol. The summed E-state index contributed by atoms with van der Waals surface area (Å²) in [7, 11) is 0. The molecule has 26 heavy (non-hydrogen) atoms. The SMILES string of the molecule is Cc1ccc(C(=O)Nc2ccc(C3CC3NCC3CC3)cc2)cc1C.Cl. The van der Waals surface area contributed by atoms with Crippen molar-refractivity contribution in [2.24, 2.45) is 5.92 Å². The second kappa shape index (κ2) is 7.81. The predicted octanol–water partition coefficient (Wildman–Crippen LogP) is 4.83. The topological polar surface area (TPSA) is 41.1 Å². The summed E-state index contributed by atoms with van der Waals surface area (Å²) in [6.45, 7) is 5.27. The molecule has 2 aliphatic rings. The fourth-order valence-electron chi connectivity index (χ4n) is 3.33. The van der Waals surface area contributed by atoms with E-state index in [-0.39, 0.29) is 18.3 Å². The highest BCUT2D eigenvalue weighted by Crippen LogP contribution is 2.41. The summed E-state index contributed by atoms with van der Waals surface area (Å²) in [4.78, 5) is 12.4. The summed E-state index contributed by atoms with van der Waals surface area (Å²) in [5.41, 5.74) is 5.28. The van der Waals surface area contributed by atoms with Gasteiger partial charge in [0.15, 0.2) is 0 Å². The molecule has 2 aromatic rings. The van der Waals surface area contributed by atoms with Crippen LogP contribution in [-0.4, -0.2) is 18.5 Å². The number of benzene rings is 2. The zero-order chi connectivity index (χ0) is 17.4. The Bertz CT molecular complexity index is 783. The second-order valence-electron chi connectivity index (χ2n) is 7.68. The molecule has 0 saturated heterocycles. The zero-order valence-electron chi connectivity index (χ0n) is 15.4. The molecule has 138 valence electrons. The molecule has 0 aliphatic heterocycles. The number of hydrogen-bond donors (Lipinski definition) is 2. The van der Waals surface area contributed by atoms with Crippen molar-refractivity contribution in [3.05, 3.63) is 64.7 Å². The summed E-state index contributed by atoms with van der Waals surface area (Å²) in [6, 6.07) is 14.8. The van der Waals surface area contributed by atoms with E-state index in [1.54, 1.807) is 0 Å². The summed E-state index contributed by atoms with van der Waals surface area (Å²) in [5, 5.41) is 6.67. The van der Waals surface area contributed by atoms with Crippen LogP contribution in [0.4, 0.5) is 5.69 Å². The number of carbonyl (C=O) groups is 1. The summed E-state index contributed by atoms with van der Waals surface area (Å²) >= 11 is 0. The van der Waals surface area contributed by atoms with Gasteiger partial charge in [-0.25, -0.2) is 0 Å². The molecule has 0 aromatic heterocycles. The molecule has 4 heteroatoms. The molecule has 0 spiro atoms. The Hall–Kier alpha value is -1.84. The van der Waals surface area contributed by atoms with E-state index < -0.39 is 0 Å². The molecule has 2 aliphatic carbocycles. The van der Waals surface area contributed by atoms with Gasteiger partial charge in [-0.2, -0.15) is 0 Å². The van der Waals surface area contributed by atoms with Gasteiger partial charge in [0.05, 0.1) is 0 Å². The largest absolute Gasteiger partial charge is 0.322 e. The van der Waals surface area contributed by atoms with E-state index in [1.807, 2.05) is 37.3 Å². The fourth-order valence-corrected chi connectivity index (χ4v) is 3.33. The number of hydrogen-bond acceptors (Lipinski definition) is 2. The van der Waals surface area contributed by atoms with Crippen molar-refractivity contribution in [2.75, 3.05) is 11.9 Å². The normalized spacial score (nSPS) is 21.0. The van der Waals surface area contributed by atoms with Gasteiger partial charge in [0.25, 0.3) is 5.91 Å². The standard InChI is InChI=1S/C22H26N2O.ClH/c1-14-3-6-18(11-15(14)2)22(25)24-19-9-7-17(8-10-19)20-12-21(20)23-13-16-4-5-16;/h3,6-11,16,20-21,23H,4-5,12-13H2,1-2H3,(H,24,25);1H. The average molecular weight is 371 g/mol. The number of amides is 1. The quantitative estimate of drug-likeness (QED) is 0.764. The summed E-state index contributed by atoms with van der Waals surface area (Å²) in [5.74, 6) is 1.53. The van der Waals surface area contributed by atoms with Gasteiger partial charge >= 0.3 is 0 Å². The number of halogens is 1. The lowest BCUT2D eigenvalue weighted by atomic mass is 10.1. The van der Waals surface area contributed by atoms with E-state index in [1.165, 1.54) is 36.9 Å². The molecule has 2 atom stereocenters. The van der Waals surface area contributed by atoms with Crippen LogP contribution >= 0.6 is 12.4 Å². The van der Waals surface area contributed by atoms with Gasteiger partial charge in [0, 0.05) is 23.2 Å². The van der Waals surface area contributed by atoms with E-state index >= 15 is 0 Å². The Balaban J connectivity index is 0.00000196. The average Bonchev–Trinajstić information content (AvgIpc) is 3.51. The third kappa shape index (κ3) is 4.46. The number of anilines is 1. The molecule has 2 N–H and O–H groups in total. The van der Waals surface area contributed by atoms with Gasteiger partial charge in [0.1, 0.15) is 0 Å². The summed E-state index contributed by atoms with van der Waals surface area (Å²) in [6.07, 6.45) is 4.04. The minimum absolute atomic E-state index is 0. The molecule has 2 fully saturated rings. The summed E-state index contributed by atoms with van der Waals surface area (Å²) < 4.78 is 0. The maximum atomic E-state index is 12.4. The number of aryl methyl sites for hydroxylation is 2. The molecule has 0 heterocycles. The third-order valence-corrected chi connectivity index (χ3v) is 5.52. The predicted molar refractivity (Wildman–Crippen MR) is 109 cm³/mol. The van der Waals surface area contributed by atoms with Crippen molar-refractivity contribution in [1.82, 2.24) is 5.32 Å². The Labute approximate surface area is 162 Å². The first-order chi connectivity index (χ1) is 12.1. The van der Waals surface area contributed by atoms with Crippen LogP contribution < -0.4 is 10.6 Å². The van der Waals surface area contributed by atoms with Crippen LogP contribution in [0.2, 0.25) is 0 Å². The van der Waals surface area contributed by atoms with Crippen LogP contribution in [0.25, 0.3) is 0 Å². The first kappa shape index (κ1) is 18.9. The molecule has 4 rings (SSSR count). The highest BCUT2D eigenvalue weighted by molar-refractivity contribution is 6.04. The van der Waals surface area contributed by atoms with Crippen molar-refractivity contribution in [1.29, 1.82) is 0 Å². The molecule has 3 nitrogen and oxygen atoms in total. The van der Waals surface area contributed by atoms with Crippen molar-refractivity contribution in [3.63, 3.8) is 0 Å². The lowest BCUT2D eigenvalue weighted by molar-refractivity contribution is 0.102. The molecule has 2 aromatic carbocycles. The molecule has 2 unspecified atom stereocenters. The van der Waals surface area contributed by atoms with E-state index in [0.29, 0.717) is 17.5 Å². The molecular weight excluding hydrogens is 344 g/mol. The van der Waals surface area contributed by atoms with E-state index in [4.69, 9.17) is 0 Å². The second-order valence-corrected chi connectivity index (χ2v) is 7.68. The Morgan fingerprint density at radius 1 is 1.04 bits per heavy atom. The van der Waals surface area contributed by atoms with Crippen molar-refractivity contribution >= 4 is 24.0 Å². The van der Waals surface area contributed by atoms with Crippen LogP contribution in [0.15, 0.2) is 42.5 Å². The number of nitrogens with one attached hydrogen (secondary N) is 2. The third-order valence-electron chi connectivity index (χ3n) is 5.52. The fraction of sp³-hybridized carbons (Fsp3) is 0.409. The van der Waals surface area contributed by atoms with Gasteiger partial charge in [-0.05, 0) is 86.5 Å². The maximum Gasteiger partial charge on any atom is 0.255 e. The van der Waals surface area contributed by atoms with Crippen molar-refractivity contribution in [2.45, 2.75) is 45.1 Å². The number of rotatable bonds is 6. The zero-order valence-corrected chi connectivity index (χ0v) is 16.2. The highest BCUT2D eigenvalue weighted by Gasteiger charge is 2.38. The van der Waals surface area contributed by atoms with Crippen LogP contribution in [0.5, 0.6) is 0 Å². The molecular formula is C22H27ClN2O. The Morgan fingerprint density at radius 2 is 1.77 bits per heavy atom. The van der Waals surface area contributed by atoms with E-state index in [9.17, 15) is 4.79 Å². The van der Waals surface area contributed by atoms with Crippen molar-refractivity contribution < 1.29 is 4.79 Å². The van der Waals surface area contributed by atoms with Gasteiger partial charge < -0.3 is 10.6 Å². The Kier molecular flexibility index (Phi) is 5.69. The molecule has 1 amide bonds. The van der Waals surface area contributed by atoms with Gasteiger partial charge in [0.2, 0.25) is 0 Å². The van der Waals surface area contributed by atoms with Crippen LogP contribution in [0, 0.1) is 19.8 Å². The minimum atomic E-state index is -0.0498. The van der Waals surface area contributed by atoms with Crippen LogP contribution in [0.1, 0.15) is 52.2 Å². The number of carbonyl (C=O) groups excluding carboxylic acids is 1. The van der Waals surface area contributed by atoms with Crippen molar-refractivity contribution in [3.8, 4) is 0 Å². The maximum absolute atomic E-state index is 12.4. The van der Waals surface area contributed by atoms with Gasteiger partial charge in [-0.1, -0.05) is 18.2 Å². The first-order valence-electron chi connectivity index (χ1n) is 9.32. The lowest BCUT2D eigenvalue weighted by Gasteiger charge is -2.08. The first-order valence-corrected chi connectivity index (χ1v) is 9.32.